The summed E-state index contributed by atoms with van der Waals surface area (Å²) in [5.74, 6) is 0.585. The van der Waals surface area contributed by atoms with Gasteiger partial charge >= 0.3 is 0 Å². The SMILES string of the molecule is CCCC(C1=[C-]C(C)(C)C(C)=C1C)C1=CC=CC1.[Zr]. The summed E-state index contributed by atoms with van der Waals surface area (Å²) in [7, 11) is 0. The van der Waals surface area contributed by atoms with Crippen molar-refractivity contribution in [2.24, 2.45) is 11.3 Å². The van der Waals surface area contributed by atoms with E-state index in [0.717, 1.165) is 6.42 Å². The molecule has 0 aliphatic heterocycles. The molecule has 102 valence electrons. The zero-order valence-corrected chi connectivity index (χ0v) is 15.4. The van der Waals surface area contributed by atoms with E-state index < -0.39 is 0 Å². The topological polar surface area (TPSA) is 0 Å². The molecule has 0 fully saturated rings. The van der Waals surface area contributed by atoms with Gasteiger partial charge in [-0.05, 0) is 18.8 Å². The molecule has 2 aliphatic rings. The van der Waals surface area contributed by atoms with Crippen LogP contribution in [0, 0.1) is 17.4 Å². The zero-order chi connectivity index (χ0) is 13.3. The predicted octanol–water partition coefficient (Wildman–Crippen LogP) is 5.39. The Balaban J connectivity index is 0.00000180. The largest absolute Gasteiger partial charge is 0.262 e. The molecule has 0 radical (unpaired) electrons. The average molecular weight is 333 g/mol. The van der Waals surface area contributed by atoms with Crippen LogP contribution in [-0.2, 0) is 26.2 Å². The van der Waals surface area contributed by atoms with E-state index in [-0.39, 0.29) is 31.6 Å². The Morgan fingerprint density at radius 2 is 2.00 bits per heavy atom. The normalized spacial score (nSPS) is 22.2. The first kappa shape index (κ1) is 16.9. The third-order valence-corrected chi connectivity index (χ3v) is 4.52. The van der Waals surface area contributed by atoms with Gasteiger partial charge in [-0.25, -0.2) is 5.57 Å². The molecule has 0 amide bonds. The summed E-state index contributed by atoms with van der Waals surface area (Å²) in [6.07, 6.45) is 14.2. The molecule has 0 heterocycles. The molecule has 0 aromatic heterocycles. The van der Waals surface area contributed by atoms with Crippen molar-refractivity contribution in [3.8, 4) is 0 Å². The fraction of sp³-hybridized carbons (Fsp3) is 0.556. The Morgan fingerprint density at radius 1 is 1.32 bits per heavy atom. The van der Waals surface area contributed by atoms with Crippen LogP contribution >= 0.6 is 0 Å². The van der Waals surface area contributed by atoms with Crippen molar-refractivity contribution in [3.05, 3.63) is 46.6 Å². The minimum Gasteiger partial charge on any atom is -0.262 e. The van der Waals surface area contributed by atoms with Gasteiger partial charge in [-0.15, -0.1) is 6.92 Å². The summed E-state index contributed by atoms with van der Waals surface area (Å²) in [5, 5.41) is 0. The van der Waals surface area contributed by atoms with Crippen LogP contribution in [0.3, 0.4) is 0 Å². The molecule has 0 saturated carbocycles. The number of hydrogen-bond donors (Lipinski definition) is 0. The van der Waals surface area contributed by atoms with Gasteiger partial charge in [0.25, 0.3) is 0 Å². The summed E-state index contributed by atoms with van der Waals surface area (Å²) in [6.45, 7) is 11.4. The van der Waals surface area contributed by atoms with Gasteiger partial charge in [0.15, 0.2) is 0 Å². The Hall–Kier alpha value is -0.157. The minimum absolute atomic E-state index is 0. The first-order chi connectivity index (χ1) is 8.47. The summed E-state index contributed by atoms with van der Waals surface area (Å²) >= 11 is 0. The molecule has 0 aromatic carbocycles. The van der Waals surface area contributed by atoms with Gasteiger partial charge in [0.2, 0.25) is 0 Å². The van der Waals surface area contributed by atoms with Crippen LogP contribution in [-0.4, -0.2) is 0 Å². The fourth-order valence-corrected chi connectivity index (χ4v) is 3.07. The monoisotopic (exact) mass is 331 g/mol. The van der Waals surface area contributed by atoms with Crippen LogP contribution in [0.15, 0.2) is 40.5 Å². The van der Waals surface area contributed by atoms with E-state index >= 15 is 0 Å². The third-order valence-electron chi connectivity index (χ3n) is 4.52. The van der Waals surface area contributed by atoms with Gasteiger partial charge in [0.05, 0.1) is 0 Å². The minimum atomic E-state index is 0. The predicted molar refractivity (Wildman–Crippen MR) is 79.1 cm³/mol. The number of allylic oxidation sites excluding steroid dienone is 8. The Morgan fingerprint density at radius 3 is 2.42 bits per heavy atom. The molecule has 0 nitrogen and oxygen atoms in total. The van der Waals surface area contributed by atoms with Gasteiger partial charge in [0, 0.05) is 26.2 Å². The second-order valence-corrected chi connectivity index (χ2v) is 6.13. The van der Waals surface area contributed by atoms with Crippen molar-refractivity contribution in [3.63, 3.8) is 0 Å². The molecular formula is C18H25Zr-. The van der Waals surface area contributed by atoms with Crippen molar-refractivity contribution >= 4 is 0 Å². The van der Waals surface area contributed by atoms with Gasteiger partial charge in [-0.3, -0.25) is 6.08 Å². The molecule has 1 heteroatoms. The zero-order valence-electron chi connectivity index (χ0n) is 12.9. The second kappa shape index (κ2) is 6.53. The molecule has 0 saturated heterocycles. The maximum absolute atomic E-state index is 3.77. The summed E-state index contributed by atoms with van der Waals surface area (Å²) in [5.41, 5.74) is 6.13. The van der Waals surface area contributed by atoms with Gasteiger partial charge < -0.3 is 0 Å². The molecule has 0 N–H and O–H groups in total. The first-order valence-electron chi connectivity index (χ1n) is 7.16. The van der Waals surface area contributed by atoms with Crippen molar-refractivity contribution in [1.29, 1.82) is 0 Å². The quantitative estimate of drug-likeness (QED) is 0.605. The molecule has 2 aliphatic carbocycles. The molecule has 19 heavy (non-hydrogen) atoms. The van der Waals surface area contributed by atoms with E-state index in [1.807, 2.05) is 0 Å². The van der Waals surface area contributed by atoms with E-state index in [2.05, 4.69) is 58.9 Å². The maximum Gasteiger partial charge on any atom is 0 e. The van der Waals surface area contributed by atoms with E-state index in [1.165, 1.54) is 29.6 Å². The molecule has 0 spiro atoms. The van der Waals surface area contributed by atoms with Gasteiger partial charge in [-0.2, -0.15) is 11.1 Å². The maximum atomic E-state index is 3.77. The molecule has 1 unspecified atom stereocenters. The van der Waals surface area contributed by atoms with Crippen molar-refractivity contribution < 1.29 is 26.2 Å². The first-order valence-corrected chi connectivity index (χ1v) is 7.16. The van der Waals surface area contributed by atoms with Gasteiger partial charge in [0.1, 0.15) is 0 Å². The van der Waals surface area contributed by atoms with Crippen LogP contribution in [0.1, 0.15) is 53.9 Å². The van der Waals surface area contributed by atoms with E-state index in [9.17, 15) is 0 Å². The third kappa shape index (κ3) is 3.30. The molecule has 0 aromatic rings. The average Bonchev–Trinajstić information content (AvgIpc) is 2.90. The van der Waals surface area contributed by atoms with Crippen LogP contribution in [0.25, 0.3) is 0 Å². The van der Waals surface area contributed by atoms with Crippen molar-refractivity contribution in [2.75, 3.05) is 0 Å². The Labute approximate surface area is 137 Å². The van der Waals surface area contributed by atoms with Crippen LogP contribution in [0.2, 0.25) is 0 Å². The summed E-state index contributed by atoms with van der Waals surface area (Å²) < 4.78 is 0. The number of hydrogen-bond acceptors (Lipinski definition) is 0. The van der Waals surface area contributed by atoms with Crippen LogP contribution in [0.5, 0.6) is 0 Å². The smallest absolute Gasteiger partial charge is 0 e. The number of rotatable bonds is 4. The van der Waals surface area contributed by atoms with Crippen LogP contribution < -0.4 is 0 Å². The summed E-state index contributed by atoms with van der Waals surface area (Å²) in [4.78, 5) is 0. The van der Waals surface area contributed by atoms with Gasteiger partial charge in [-0.1, -0.05) is 63.3 Å². The van der Waals surface area contributed by atoms with Crippen LogP contribution in [0.4, 0.5) is 0 Å². The van der Waals surface area contributed by atoms with E-state index in [4.69, 9.17) is 0 Å². The molecule has 2 rings (SSSR count). The van der Waals surface area contributed by atoms with Crippen molar-refractivity contribution in [1.82, 2.24) is 0 Å². The summed E-state index contributed by atoms with van der Waals surface area (Å²) in [6, 6.07) is 0. The molecule has 1 atom stereocenters. The second-order valence-electron chi connectivity index (χ2n) is 6.13. The molecular weight excluding hydrogens is 307 g/mol. The van der Waals surface area contributed by atoms with Crippen molar-refractivity contribution in [2.45, 2.75) is 53.9 Å². The molecule has 0 bridgehead atoms. The standard InChI is InChI=1S/C18H25.Zr/c1-6-9-16(15-10-7-8-11-15)17-12-18(4,5)14(3)13(17)2;/h7-8,10,16H,6,9,11H2,1-5H3;/q-1;. The fourth-order valence-electron chi connectivity index (χ4n) is 3.07. The van der Waals surface area contributed by atoms with E-state index in [1.54, 1.807) is 5.57 Å². The Kier molecular flexibility index (Phi) is 5.81. The Bertz CT molecular complexity index is 458. The van der Waals surface area contributed by atoms with E-state index in [0.29, 0.717) is 5.92 Å².